The van der Waals surface area contributed by atoms with Crippen molar-refractivity contribution in [3.63, 3.8) is 0 Å². The van der Waals surface area contributed by atoms with Gasteiger partial charge in [0.15, 0.2) is 0 Å². The Labute approximate surface area is 89.9 Å². The van der Waals surface area contributed by atoms with Crippen LogP contribution in [-0.4, -0.2) is 6.29 Å². The van der Waals surface area contributed by atoms with Crippen LogP contribution in [0.2, 0.25) is 0 Å². The van der Waals surface area contributed by atoms with E-state index in [1.807, 2.05) is 13.8 Å². The third-order valence-corrected chi connectivity index (χ3v) is 1.73. The monoisotopic (exact) mass is 206 g/mol. The van der Waals surface area contributed by atoms with E-state index in [9.17, 15) is 9.18 Å². The molecule has 0 saturated carbocycles. The normalized spacial score (nSPS) is 8.47. The number of carbonyl (C=O) groups is 1. The number of carbonyl (C=O) groups excluding carboxylic acids is 1. The van der Waals surface area contributed by atoms with Gasteiger partial charge < -0.3 is 0 Å². The van der Waals surface area contributed by atoms with Crippen molar-refractivity contribution >= 4 is 18.2 Å². The third kappa shape index (κ3) is 3.50. The summed E-state index contributed by atoms with van der Waals surface area (Å²) in [6.07, 6.45) is 2.19. The lowest BCUT2D eigenvalue weighted by Crippen LogP contribution is -1.87. The maximum atomic E-state index is 12.8. The minimum Gasteiger partial charge on any atom is -0.298 e. The number of aldehydes is 1. The zero-order valence-corrected chi connectivity index (χ0v) is 9.09. The molecule has 0 fully saturated rings. The molecule has 0 unspecified atom stereocenters. The van der Waals surface area contributed by atoms with Gasteiger partial charge in [-0.05, 0) is 11.6 Å². The molecule has 0 spiro atoms. The van der Waals surface area contributed by atoms with E-state index in [1.54, 1.807) is 12.1 Å². The van der Waals surface area contributed by atoms with Crippen LogP contribution in [0.1, 0.15) is 35.3 Å². The van der Waals surface area contributed by atoms with Crippen molar-refractivity contribution in [2.75, 3.05) is 0 Å². The summed E-state index contributed by atoms with van der Waals surface area (Å²) in [5, 5.41) is 0. The van der Waals surface area contributed by atoms with Gasteiger partial charge in [0.25, 0.3) is 0 Å². The van der Waals surface area contributed by atoms with E-state index >= 15 is 0 Å². The second kappa shape index (κ2) is 6.71. The molecule has 1 aromatic carbocycles. The summed E-state index contributed by atoms with van der Waals surface area (Å²) in [4.78, 5) is 10.4. The quantitative estimate of drug-likeness (QED) is 0.680. The molecule has 0 atom stereocenters. The number of hydrogen-bond acceptors (Lipinski definition) is 1. The van der Waals surface area contributed by atoms with Gasteiger partial charge in [-0.1, -0.05) is 45.2 Å². The second-order valence-electron chi connectivity index (χ2n) is 2.57. The maximum absolute atomic E-state index is 12.8. The summed E-state index contributed by atoms with van der Waals surface area (Å²) in [6.45, 7) is 10.7. The lowest BCUT2D eigenvalue weighted by atomic mass is 10.0. The van der Waals surface area contributed by atoms with Gasteiger partial charge in [0.1, 0.15) is 12.1 Å². The minimum atomic E-state index is -0.557. The van der Waals surface area contributed by atoms with E-state index in [0.717, 1.165) is 0 Å². The smallest absolute Gasteiger partial charge is 0.150 e. The van der Waals surface area contributed by atoms with Gasteiger partial charge in [0.05, 0.1) is 0 Å². The fraction of sp³-hybridized carbons (Fsp3) is 0.154. The highest BCUT2D eigenvalue weighted by Gasteiger charge is 2.03. The van der Waals surface area contributed by atoms with Gasteiger partial charge in [-0.25, -0.2) is 4.39 Å². The largest absolute Gasteiger partial charge is 0.298 e. The fourth-order valence-electron chi connectivity index (χ4n) is 1.06. The highest BCUT2D eigenvalue weighted by Crippen LogP contribution is 2.20. The van der Waals surface area contributed by atoms with Gasteiger partial charge in [-0.2, -0.15) is 0 Å². The Morgan fingerprint density at radius 1 is 1.40 bits per heavy atom. The van der Waals surface area contributed by atoms with Gasteiger partial charge in [-0.3, -0.25) is 4.79 Å². The van der Waals surface area contributed by atoms with Crippen molar-refractivity contribution in [1.82, 2.24) is 0 Å². The van der Waals surface area contributed by atoms with Gasteiger partial charge in [0, 0.05) is 11.1 Å². The van der Waals surface area contributed by atoms with E-state index in [-0.39, 0.29) is 0 Å². The summed E-state index contributed by atoms with van der Waals surface area (Å²) >= 11 is 0. The summed E-state index contributed by atoms with van der Waals surface area (Å²) in [6, 6.07) is 4.69. The number of benzene rings is 1. The van der Waals surface area contributed by atoms with E-state index in [4.69, 9.17) is 0 Å². The van der Waals surface area contributed by atoms with E-state index in [2.05, 4.69) is 13.2 Å². The molecule has 0 aliphatic rings. The SMILES string of the molecule is C=Cc1ccc(C=O)cc1C(=C)F.CC. The molecule has 15 heavy (non-hydrogen) atoms. The minimum absolute atomic E-state index is 0.319. The standard InChI is InChI=1S/C11H9FO.C2H6/c1-3-10-5-4-9(7-13)6-11(10)8(2)12;1-2/h3-7H,1-2H2;1-2H3. The van der Waals surface area contributed by atoms with Crippen LogP contribution in [0.5, 0.6) is 0 Å². The third-order valence-electron chi connectivity index (χ3n) is 1.73. The predicted octanol–water partition coefficient (Wildman–Crippen LogP) is 4.11. The molecule has 0 aromatic heterocycles. The van der Waals surface area contributed by atoms with E-state index in [1.165, 1.54) is 12.1 Å². The molecule has 1 nitrogen and oxygen atoms in total. The number of rotatable bonds is 3. The first-order chi connectivity index (χ1) is 7.19. The Hall–Kier alpha value is -1.70. The van der Waals surface area contributed by atoms with Crippen LogP contribution in [0.4, 0.5) is 4.39 Å². The summed E-state index contributed by atoms with van der Waals surface area (Å²) in [5.41, 5.74) is 1.39. The molecule has 1 aromatic rings. The van der Waals surface area contributed by atoms with E-state index < -0.39 is 5.83 Å². The molecular weight excluding hydrogens is 191 g/mol. The van der Waals surface area contributed by atoms with Crippen LogP contribution in [0.3, 0.4) is 0 Å². The highest BCUT2D eigenvalue weighted by atomic mass is 19.1. The second-order valence-corrected chi connectivity index (χ2v) is 2.57. The van der Waals surface area contributed by atoms with Crippen molar-refractivity contribution in [1.29, 1.82) is 0 Å². The topological polar surface area (TPSA) is 17.1 Å². The Morgan fingerprint density at radius 3 is 2.40 bits per heavy atom. The first-order valence-corrected chi connectivity index (χ1v) is 4.75. The Morgan fingerprint density at radius 2 is 2.00 bits per heavy atom. The Balaban J connectivity index is 0.000000921. The molecular formula is C13H15FO. The Kier molecular flexibility index (Phi) is 5.95. The van der Waals surface area contributed by atoms with Crippen LogP contribution in [-0.2, 0) is 0 Å². The predicted molar refractivity (Wildman–Crippen MR) is 63.4 cm³/mol. The molecule has 0 aliphatic heterocycles. The fourth-order valence-corrected chi connectivity index (χ4v) is 1.06. The first-order valence-electron chi connectivity index (χ1n) is 4.75. The maximum Gasteiger partial charge on any atom is 0.150 e. The van der Waals surface area contributed by atoms with Gasteiger partial charge >= 0.3 is 0 Å². The van der Waals surface area contributed by atoms with Crippen molar-refractivity contribution < 1.29 is 9.18 Å². The zero-order chi connectivity index (χ0) is 11.8. The van der Waals surface area contributed by atoms with Crippen LogP contribution >= 0.6 is 0 Å². The molecule has 0 N–H and O–H groups in total. The average Bonchev–Trinajstić information content (AvgIpc) is 2.30. The van der Waals surface area contributed by atoms with Crippen molar-refractivity contribution in [3.8, 4) is 0 Å². The molecule has 0 aliphatic carbocycles. The first kappa shape index (κ1) is 13.3. The summed E-state index contributed by atoms with van der Waals surface area (Å²) in [5.74, 6) is -0.557. The summed E-state index contributed by atoms with van der Waals surface area (Å²) in [7, 11) is 0. The molecule has 0 amide bonds. The molecule has 0 bridgehead atoms. The lowest BCUT2D eigenvalue weighted by molar-refractivity contribution is 0.112. The van der Waals surface area contributed by atoms with Crippen LogP contribution < -0.4 is 0 Å². The van der Waals surface area contributed by atoms with E-state index in [0.29, 0.717) is 23.0 Å². The van der Waals surface area contributed by atoms with Gasteiger partial charge in [-0.15, -0.1) is 0 Å². The van der Waals surface area contributed by atoms with Crippen LogP contribution in [0, 0.1) is 0 Å². The molecule has 80 valence electrons. The van der Waals surface area contributed by atoms with Gasteiger partial charge in [0.2, 0.25) is 0 Å². The van der Waals surface area contributed by atoms with Crippen LogP contribution in [0.15, 0.2) is 31.4 Å². The number of halogens is 1. The average molecular weight is 206 g/mol. The Bertz CT molecular complexity index is 367. The van der Waals surface area contributed by atoms with Crippen molar-refractivity contribution in [2.45, 2.75) is 13.8 Å². The molecule has 1 rings (SSSR count). The number of hydrogen-bond donors (Lipinski definition) is 0. The molecule has 2 heteroatoms. The van der Waals surface area contributed by atoms with Crippen molar-refractivity contribution in [3.05, 3.63) is 48.0 Å². The van der Waals surface area contributed by atoms with Crippen molar-refractivity contribution in [2.24, 2.45) is 0 Å². The summed E-state index contributed by atoms with van der Waals surface area (Å²) < 4.78 is 12.8. The molecule has 0 heterocycles. The zero-order valence-electron chi connectivity index (χ0n) is 9.09. The molecule has 0 saturated heterocycles. The van der Waals surface area contributed by atoms with Crippen LogP contribution in [0.25, 0.3) is 11.9 Å². The lowest BCUT2D eigenvalue weighted by Gasteiger charge is -2.02. The molecule has 0 radical (unpaired) electrons. The highest BCUT2D eigenvalue weighted by molar-refractivity contribution is 5.79.